The Labute approximate surface area is 88.5 Å². The molecule has 0 aliphatic heterocycles. The SMILES string of the molecule is NC(=O)CCC(=O)C1=CCCC(F)CC1. The minimum atomic E-state index is -0.803. The van der Waals surface area contributed by atoms with Crippen LogP contribution in [-0.2, 0) is 9.59 Å². The molecule has 1 atom stereocenters. The third-order valence-electron chi connectivity index (χ3n) is 2.55. The number of allylic oxidation sites excluding steroid dienone is 2. The normalized spacial score (nSPS) is 21.7. The molecule has 15 heavy (non-hydrogen) atoms. The Morgan fingerprint density at radius 2 is 2.13 bits per heavy atom. The van der Waals surface area contributed by atoms with Gasteiger partial charge >= 0.3 is 0 Å². The summed E-state index contributed by atoms with van der Waals surface area (Å²) in [5.74, 6) is -0.538. The monoisotopic (exact) mass is 213 g/mol. The maximum atomic E-state index is 13.0. The van der Waals surface area contributed by atoms with Gasteiger partial charge in [0.2, 0.25) is 5.91 Å². The Morgan fingerprint density at radius 1 is 1.40 bits per heavy atom. The molecule has 0 heterocycles. The Hall–Kier alpha value is -1.19. The number of halogens is 1. The van der Waals surface area contributed by atoms with Gasteiger partial charge in [0.1, 0.15) is 6.17 Å². The average Bonchev–Trinajstić information content (AvgIpc) is 2.39. The first kappa shape index (κ1) is 11.9. The molecule has 0 bridgehead atoms. The number of carbonyl (C=O) groups excluding carboxylic acids is 2. The van der Waals surface area contributed by atoms with Crippen LogP contribution in [0.4, 0.5) is 4.39 Å². The van der Waals surface area contributed by atoms with Gasteiger partial charge in [-0.25, -0.2) is 4.39 Å². The largest absolute Gasteiger partial charge is 0.370 e. The van der Waals surface area contributed by atoms with Gasteiger partial charge in [-0.3, -0.25) is 9.59 Å². The number of carbonyl (C=O) groups is 2. The van der Waals surface area contributed by atoms with Gasteiger partial charge in [-0.05, 0) is 31.3 Å². The summed E-state index contributed by atoms with van der Waals surface area (Å²) in [6.07, 6.45) is 3.22. The predicted molar refractivity (Wildman–Crippen MR) is 54.9 cm³/mol. The summed E-state index contributed by atoms with van der Waals surface area (Å²) in [4.78, 5) is 22.1. The Bertz CT molecular complexity index is 286. The molecule has 4 heteroatoms. The number of primary amides is 1. The Balaban J connectivity index is 2.44. The van der Waals surface area contributed by atoms with Gasteiger partial charge in [0.15, 0.2) is 5.78 Å². The van der Waals surface area contributed by atoms with Crippen molar-refractivity contribution in [2.75, 3.05) is 0 Å². The molecular formula is C11H16FNO2. The summed E-state index contributed by atoms with van der Waals surface area (Å²) in [5.41, 5.74) is 5.62. The lowest BCUT2D eigenvalue weighted by Crippen LogP contribution is -2.13. The van der Waals surface area contributed by atoms with E-state index >= 15 is 0 Å². The first-order valence-electron chi connectivity index (χ1n) is 5.24. The molecule has 0 aromatic heterocycles. The maximum Gasteiger partial charge on any atom is 0.217 e. The molecule has 0 fully saturated rings. The van der Waals surface area contributed by atoms with Gasteiger partial charge in [0.05, 0.1) is 0 Å². The van der Waals surface area contributed by atoms with E-state index in [9.17, 15) is 14.0 Å². The van der Waals surface area contributed by atoms with Gasteiger partial charge in [-0.2, -0.15) is 0 Å². The molecule has 0 saturated heterocycles. The van der Waals surface area contributed by atoms with Crippen LogP contribution in [0.15, 0.2) is 11.6 Å². The minimum Gasteiger partial charge on any atom is -0.370 e. The smallest absolute Gasteiger partial charge is 0.217 e. The van der Waals surface area contributed by atoms with Crippen LogP contribution < -0.4 is 5.73 Å². The zero-order valence-corrected chi connectivity index (χ0v) is 8.67. The minimum absolute atomic E-state index is 0.0668. The van der Waals surface area contributed by atoms with E-state index in [1.165, 1.54) is 0 Å². The fourth-order valence-corrected chi connectivity index (χ4v) is 1.65. The van der Waals surface area contributed by atoms with Crippen molar-refractivity contribution >= 4 is 11.7 Å². The Kier molecular flexibility index (Phi) is 4.46. The molecule has 0 spiro atoms. The molecule has 0 saturated carbocycles. The molecule has 84 valence electrons. The number of hydrogen-bond donors (Lipinski definition) is 1. The summed E-state index contributed by atoms with van der Waals surface area (Å²) in [6.45, 7) is 0. The number of ketones is 1. The van der Waals surface area contributed by atoms with Gasteiger partial charge in [0.25, 0.3) is 0 Å². The van der Waals surface area contributed by atoms with Crippen molar-refractivity contribution in [3.63, 3.8) is 0 Å². The van der Waals surface area contributed by atoms with Crippen molar-refractivity contribution in [3.05, 3.63) is 11.6 Å². The zero-order valence-electron chi connectivity index (χ0n) is 8.67. The first-order valence-corrected chi connectivity index (χ1v) is 5.24. The number of amides is 1. The summed E-state index contributed by atoms with van der Waals surface area (Å²) in [5, 5.41) is 0. The number of hydrogen-bond acceptors (Lipinski definition) is 2. The fraction of sp³-hybridized carbons (Fsp3) is 0.636. The van der Waals surface area contributed by atoms with E-state index in [1.807, 2.05) is 0 Å². The molecule has 1 amide bonds. The molecule has 1 aliphatic rings. The molecule has 1 aliphatic carbocycles. The van der Waals surface area contributed by atoms with Gasteiger partial charge < -0.3 is 5.73 Å². The second kappa shape index (κ2) is 5.63. The highest BCUT2D eigenvalue weighted by atomic mass is 19.1. The van der Waals surface area contributed by atoms with Crippen molar-refractivity contribution in [2.45, 2.75) is 44.7 Å². The van der Waals surface area contributed by atoms with E-state index in [1.54, 1.807) is 6.08 Å². The molecule has 0 radical (unpaired) electrons. The van der Waals surface area contributed by atoms with E-state index < -0.39 is 12.1 Å². The highest BCUT2D eigenvalue weighted by molar-refractivity contribution is 5.97. The van der Waals surface area contributed by atoms with E-state index in [0.29, 0.717) is 31.3 Å². The summed E-state index contributed by atoms with van der Waals surface area (Å²) in [7, 11) is 0. The van der Waals surface area contributed by atoms with Crippen molar-refractivity contribution in [3.8, 4) is 0 Å². The summed E-state index contributed by atoms with van der Waals surface area (Å²) < 4.78 is 13.0. The molecule has 2 N–H and O–H groups in total. The van der Waals surface area contributed by atoms with Crippen molar-refractivity contribution in [1.82, 2.24) is 0 Å². The molecule has 1 rings (SSSR count). The van der Waals surface area contributed by atoms with Crippen LogP contribution in [0.1, 0.15) is 38.5 Å². The van der Waals surface area contributed by atoms with Crippen molar-refractivity contribution in [2.24, 2.45) is 5.73 Å². The maximum absolute atomic E-state index is 13.0. The predicted octanol–water partition coefficient (Wildman–Crippen LogP) is 1.66. The van der Waals surface area contributed by atoms with E-state index in [2.05, 4.69) is 0 Å². The first-order chi connectivity index (χ1) is 7.09. The highest BCUT2D eigenvalue weighted by Gasteiger charge is 2.16. The van der Waals surface area contributed by atoms with Crippen molar-refractivity contribution in [1.29, 1.82) is 0 Å². The lowest BCUT2D eigenvalue weighted by Gasteiger charge is -2.04. The summed E-state index contributed by atoms with van der Waals surface area (Å²) in [6, 6.07) is 0. The third kappa shape index (κ3) is 4.23. The lowest BCUT2D eigenvalue weighted by molar-refractivity contribution is -0.122. The molecular weight excluding hydrogens is 197 g/mol. The van der Waals surface area contributed by atoms with Crippen LogP contribution in [-0.4, -0.2) is 17.9 Å². The Morgan fingerprint density at radius 3 is 2.80 bits per heavy atom. The van der Waals surface area contributed by atoms with Crippen LogP contribution in [0.2, 0.25) is 0 Å². The molecule has 3 nitrogen and oxygen atoms in total. The number of rotatable bonds is 4. The lowest BCUT2D eigenvalue weighted by atomic mass is 10.0. The highest BCUT2D eigenvalue weighted by Crippen LogP contribution is 2.21. The molecule has 1 unspecified atom stereocenters. The number of Topliss-reactive ketones (excluding diaryl/α,β-unsaturated/α-hetero) is 1. The van der Waals surface area contributed by atoms with Crippen LogP contribution >= 0.6 is 0 Å². The van der Waals surface area contributed by atoms with Crippen LogP contribution in [0, 0.1) is 0 Å². The van der Waals surface area contributed by atoms with Gasteiger partial charge in [-0.1, -0.05) is 6.08 Å². The van der Waals surface area contributed by atoms with E-state index in [-0.39, 0.29) is 18.6 Å². The average molecular weight is 213 g/mol. The molecule has 0 aromatic rings. The fourth-order valence-electron chi connectivity index (χ4n) is 1.65. The second-order valence-electron chi connectivity index (χ2n) is 3.83. The van der Waals surface area contributed by atoms with E-state index in [0.717, 1.165) is 0 Å². The topological polar surface area (TPSA) is 60.2 Å². The van der Waals surface area contributed by atoms with E-state index in [4.69, 9.17) is 5.73 Å². The molecule has 0 aromatic carbocycles. The number of nitrogens with two attached hydrogens (primary N) is 1. The van der Waals surface area contributed by atoms with Crippen LogP contribution in [0.25, 0.3) is 0 Å². The van der Waals surface area contributed by atoms with Crippen LogP contribution in [0.5, 0.6) is 0 Å². The van der Waals surface area contributed by atoms with Gasteiger partial charge in [-0.15, -0.1) is 0 Å². The third-order valence-corrected chi connectivity index (χ3v) is 2.55. The zero-order chi connectivity index (χ0) is 11.3. The van der Waals surface area contributed by atoms with Crippen LogP contribution in [0.3, 0.4) is 0 Å². The van der Waals surface area contributed by atoms with Crippen molar-refractivity contribution < 1.29 is 14.0 Å². The number of alkyl halides is 1. The van der Waals surface area contributed by atoms with Gasteiger partial charge in [0, 0.05) is 12.8 Å². The standard InChI is InChI=1S/C11H16FNO2/c12-9-3-1-2-8(4-5-9)10(14)6-7-11(13)15/h2,9H,1,3-7H2,(H2,13,15). The second-order valence-corrected chi connectivity index (χ2v) is 3.83. The quantitative estimate of drug-likeness (QED) is 0.772. The summed E-state index contributed by atoms with van der Waals surface area (Å²) >= 11 is 0.